The molecule has 0 saturated heterocycles. The Hall–Kier alpha value is -2.93. The van der Waals surface area contributed by atoms with Gasteiger partial charge in [0.1, 0.15) is 0 Å². The summed E-state index contributed by atoms with van der Waals surface area (Å²) in [4.78, 5) is 36.2. The van der Waals surface area contributed by atoms with Crippen LogP contribution < -0.4 is 0 Å². The fourth-order valence-corrected chi connectivity index (χ4v) is 2.26. The third kappa shape index (κ3) is 3.14. The second kappa shape index (κ2) is 6.89. The largest absolute Gasteiger partial charge is 0.480 e. The molecular formula is C16H15NO6. The molecule has 0 aliphatic rings. The van der Waals surface area contributed by atoms with Crippen molar-refractivity contribution in [1.82, 2.24) is 4.90 Å². The van der Waals surface area contributed by atoms with Crippen molar-refractivity contribution in [3.8, 4) is 0 Å². The third-order valence-electron chi connectivity index (χ3n) is 3.38. The maximum absolute atomic E-state index is 12.7. The number of rotatable bonds is 4. The third-order valence-corrected chi connectivity index (χ3v) is 3.38. The second-order valence-electron chi connectivity index (χ2n) is 4.71. The van der Waals surface area contributed by atoms with E-state index in [0.29, 0.717) is 10.3 Å². The standard InChI is InChI=1S/C16H15NO6/c1-23-16(22)17(13(9-18)15(20)21)14(19)12-8-4-6-10-5-2-3-7-11(10)12/h2-8,13,18H,9H2,1H3,(H,20,21). The molecule has 0 bridgehead atoms. The number of hydrogen-bond donors (Lipinski definition) is 2. The number of hydrogen-bond acceptors (Lipinski definition) is 5. The topological polar surface area (TPSA) is 104 Å². The van der Waals surface area contributed by atoms with E-state index in [4.69, 9.17) is 5.11 Å². The number of aliphatic hydroxyl groups is 1. The summed E-state index contributed by atoms with van der Waals surface area (Å²) in [5, 5.41) is 19.7. The highest BCUT2D eigenvalue weighted by Crippen LogP contribution is 2.21. The molecule has 2 N–H and O–H groups in total. The first kappa shape index (κ1) is 16.4. The molecule has 0 radical (unpaired) electrons. The van der Waals surface area contributed by atoms with Crippen molar-refractivity contribution in [1.29, 1.82) is 0 Å². The predicted octanol–water partition coefficient (Wildman–Crippen LogP) is 1.49. The number of methoxy groups -OCH3 is 1. The van der Waals surface area contributed by atoms with Crippen LogP contribution in [-0.2, 0) is 9.53 Å². The Labute approximate surface area is 131 Å². The zero-order valence-corrected chi connectivity index (χ0v) is 12.3. The van der Waals surface area contributed by atoms with Gasteiger partial charge in [-0.3, -0.25) is 4.79 Å². The molecule has 0 aliphatic carbocycles. The normalized spacial score (nSPS) is 11.7. The molecule has 0 aromatic heterocycles. The van der Waals surface area contributed by atoms with Crippen LogP contribution in [0.3, 0.4) is 0 Å². The number of benzene rings is 2. The number of carbonyl (C=O) groups is 3. The van der Waals surface area contributed by atoms with Crippen LogP contribution in [-0.4, -0.2) is 52.8 Å². The van der Waals surface area contributed by atoms with Gasteiger partial charge in [-0.2, -0.15) is 0 Å². The predicted molar refractivity (Wildman–Crippen MR) is 81.0 cm³/mol. The summed E-state index contributed by atoms with van der Waals surface area (Å²) in [5.74, 6) is -2.36. The van der Waals surface area contributed by atoms with E-state index in [9.17, 15) is 19.5 Å². The molecular weight excluding hydrogens is 302 g/mol. The van der Waals surface area contributed by atoms with Gasteiger partial charge >= 0.3 is 12.1 Å². The zero-order valence-electron chi connectivity index (χ0n) is 12.3. The van der Waals surface area contributed by atoms with E-state index in [1.54, 1.807) is 36.4 Å². The summed E-state index contributed by atoms with van der Waals surface area (Å²) >= 11 is 0. The van der Waals surface area contributed by atoms with Gasteiger partial charge in [-0.05, 0) is 16.8 Å². The molecule has 2 aromatic carbocycles. The van der Waals surface area contributed by atoms with E-state index in [1.807, 2.05) is 0 Å². The molecule has 0 saturated carbocycles. The van der Waals surface area contributed by atoms with E-state index >= 15 is 0 Å². The van der Waals surface area contributed by atoms with E-state index in [2.05, 4.69) is 4.74 Å². The highest BCUT2D eigenvalue weighted by Gasteiger charge is 2.36. The van der Waals surface area contributed by atoms with Crippen LogP contribution in [0.1, 0.15) is 10.4 Å². The molecule has 1 unspecified atom stereocenters. The molecule has 0 aliphatic heterocycles. The summed E-state index contributed by atoms with van der Waals surface area (Å²) in [6.45, 7) is -0.916. The van der Waals surface area contributed by atoms with Crippen molar-refractivity contribution in [2.75, 3.05) is 13.7 Å². The number of carbonyl (C=O) groups excluding carboxylic acids is 2. The van der Waals surface area contributed by atoms with Gasteiger partial charge in [-0.1, -0.05) is 36.4 Å². The molecule has 1 atom stereocenters. The van der Waals surface area contributed by atoms with Crippen molar-refractivity contribution in [3.05, 3.63) is 48.0 Å². The smallest absolute Gasteiger partial charge is 0.417 e. The van der Waals surface area contributed by atoms with Gasteiger partial charge in [0.25, 0.3) is 5.91 Å². The maximum atomic E-state index is 12.7. The Morgan fingerprint density at radius 1 is 1.13 bits per heavy atom. The average Bonchev–Trinajstić information content (AvgIpc) is 2.57. The first-order valence-electron chi connectivity index (χ1n) is 6.74. The summed E-state index contributed by atoms with van der Waals surface area (Å²) in [6, 6.07) is 10.2. The number of imide groups is 1. The lowest BCUT2D eigenvalue weighted by atomic mass is 10.0. The number of aliphatic carboxylic acids is 1. The van der Waals surface area contributed by atoms with Crippen LogP contribution in [0.2, 0.25) is 0 Å². The van der Waals surface area contributed by atoms with Crippen molar-refractivity contribution in [2.45, 2.75) is 6.04 Å². The lowest BCUT2D eigenvalue weighted by molar-refractivity contribution is -0.143. The molecule has 120 valence electrons. The Morgan fingerprint density at radius 3 is 2.39 bits per heavy atom. The lowest BCUT2D eigenvalue weighted by Crippen LogP contribution is -2.50. The van der Waals surface area contributed by atoms with Crippen LogP contribution in [0.5, 0.6) is 0 Å². The summed E-state index contributed by atoms with van der Waals surface area (Å²) in [5.41, 5.74) is 0.146. The molecule has 2 amide bonds. The summed E-state index contributed by atoms with van der Waals surface area (Å²) < 4.78 is 4.49. The highest BCUT2D eigenvalue weighted by molar-refractivity contribution is 6.12. The molecule has 7 heteroatoms. The van der Waals surface area contributed by atoms with Gasteiger partial charge in [0.2, 0.25) is 0 Å². The minimum atomic E-state index is -1.73. The minimum Gasteiger partial charge on any atom is -0.480 e. The van der Waals surface area contributed by atoms with E-state index in [0.717, 1.165) is 12.5 Å². The van der Waals surface area contributed by atoms with Gasteiger partial charge in [0.05, 0.1) is 13.7 Å². The van der Waals surface area contributed by atoms with Crippen LogP contribution in [0.25, 0.3) is 10.8 Å². The molecule has 2 aromatic rings. The fourth-order valence-electron chi connectivity index (χ4n) is 2.26. The number of ether oxygens (including phenoxy) is 1. The molecule has 23 heavy (non-hydrogen) atoms. The average molecular weight is 317 g/mol. The maximum Gasteiger partial charge on any atom is 0.417 e. The van der Waals surface area contributed by atoms with E-state index in [1.165, 1.54) is 6.07 Å². The summed E-state index contributed by atoms with van der Waals surface area (Å²) in [6.07, 6.45) is -1.15. The van der Waals surface area contributed by atoms with Gasteiger partial charge in [-0.15, -0.1) is 0 Å². The molecule has 7 nitrogen and oxygen atoms in total. The van der Waals surface area contributed by atoms with Crippen LogP contribution in [0.4, 0.5) is 4.79 Å². The molecule has 0 heterocycles. The Balaban J connectivity index is 2.56. The van der Waals surface area contributed by atoms with Gasteiger partial charge < -0.3 is 14.9 Å². The van der Waals surface area contributed by atoms with Crippen LogP contribution in [0, 0.1) is 0 Å². The highest BCUT2D eigenvalue weighted by atomic mass is 16.5. The van der Waals surface area contributed by atoms with E-state index < -0.39 is 30.6 Å². The monoisotopic (exact) mass is 317 g/mol. The van der Waals surface area contributed by atoms with Crippen molar-refractivity contribution < 1.29 is 29.3 Å². The first-order valence-corrected chi connectivity index (χ1v) is 6.74. The number of amides is 2. The van der Waals surface area contributed by atoms with Gasteiger partial charge in [-0.25, -0.2) is 14.5 Å². The Bertz CT molecular complexity index is 752. The fraction of sp³-hybridized carbons (Fsp3) is 0.188. The van der Waals surface area contributed by atoms with Crippen molar-refractivity contribution in [3.63, 3.8) is 0 Å². The molecule has 2 rings (SSSR count). The first-order chi connectivity index (χ1) is 11.0. The molecule has 0 fully saturated rings. The van der Waals surface area contributed by atoms with Crippen LogP contribution >= 0.6 is 0 Å². The Morgan fingerprint density at radius 2 is 1.78 bits per heavy atom. The van der Waals surface area contributed by atoms with E-state index in [-0.39, 0.29) is 5.56 Å². The Kier molecular flexibility index (Phi) is 4.92. The number of aliphatic hydroxyl groups excluding tert-OH is 1. The summed E-state index contributed by atoms with van der Waals surface area (Å²) in [7, 11) is 1.03. The van der Waals surface area contributed by atoms with Crippen molar-refractivity contribution in [2.24, 2.45) is 0 Å². The number of carboxylic acid groups (broad SMARTS) is 1. The zero-order chi connectivity index (χ0) is 17.0. The quantitative estimate of drug-likeness (QED) is 0.885. The molecule has 0 spiro atoms. The minimum absolute atomic E-state index is 0.146. The lowest BCUT2D eigenvalue weighted by Gasteiger charge is -2.24. The number of fused-ring (bicyclic) bond motifs is 1. The van der Waals surface area contributed by atoms with Gasteiger partial charge in [0, 0.05) is 5.56 Å². The number of carboxylic acids is 1. The van der Waals surface area contributed by atoms with Crippen LogP contribution in [0.15, 0.2) is 42.5 Å². The number of nitrogens with zero attached hydrogens (tertiary/aromatic N) is 1. The SMILES string of the molecule is COC(=O)N(C(=O)c1cccc2ccccc12)C(CO)C(=O)O. The van der Waals surface area contributed by atoms with Gasteiger partial charge in [0.15, 0.2) is 6.04 Å². The van der Waals surface area contributed by atoms with Crippen molar-refractivity contribution >= 4 is 28.7 Å². The second-order valence-corrected chi connectivity index (χ2v) is 4.71.